The van der Waals surface area contributed by atoms with Gasteiger partial charge >= 0.3 is 0 Å². The molecule has 0 heterocycles. The van der Waals surface area contributed by atoms with Crippen LogP contribution in [0.5, 0.6) is 0 Å². The fourth-order valence-corrected chi connectivity index (χ4v) is 0.455. The molecular weight excluding hydrogens is 162 g/mol. The van der Waals surface area contributed by atoms with Crippen molar-refractivity contribution in [3.8, 4) is 6.26 Å². The number of ether oxygens (including phenoxy) is 1. The highest BCUT2D eigenvalue weighted by molar-refractivity contribution is 5.20. The minimum atomic E-state index is 0.447. The molecule has 0 aliphatic rings. The molecule has 0 N–H and O–H groups in total. The average molecular weight is 177 g/mol. The van der Waals surface area contributed by atoms with Gasteiger partial charge in [-0.2, -0.15) is 0 Å². The van der Waals surface area contributed by atoms with Gasteiger partial charge in [-0.1, -0.05) is 45.2 Å². The third kappa shape index (κ3) is 10.2. The standard InChI is InChI=1S/C9H9NO.C2H6/c1-3-5-7-9(6-4-2)11-8-10;1-2/h3-7H,1-2H2;1-2H3/b7-5-,9-6+;. The highest BCUT2D eigenvalue weighted by Crippen LogP contribution is 1.98. The molecule has 0 radical (unpaired) electrons. The van der Waals surface area contributed by atoms with Crippen molar-refractivity contribution < 1.29 is 4.74 Å². The summed E-state index contributed by atoms with van der Waals surface area (Å²) in [6.07, 6.45) is 9.58. The van der Waals surface area contributed by atoms with Gasteiger partial charge in [-0.3, -0.25) is 0 Å². The van der Waals surface area contributed by atoms with E-state index in [1.807, 2.05) is 13.8 Å². The van der Waals surface area contributed by atoms with E-state index in [2.05, 4.69) is 17.9 Å². The molecule has 0 aliphatic carbocycles. The molecule has 0 atom stereocenters. The number of rotatable bonds is 4. The number of hydrogen-bond donors (Lipinski definition) is 0. The Kier molecular flexibility index (Phi) is 13.7. The van der Waals surface area contributed by atoms with Gasteiger partial charge in [0.25, 0.3) is 6.26 Å². The molecule has 0 bridgehead atoms. The summed E-state index contributed by atoms with van der Waals surface area (Å²) in [7, 11) is 0. The van der Waals surface area contributed by atoms with E-state index < -0.39 is 0 Å². The van der Waals surface area contributed by atoms with E-state index in [1.165, 1.54) is 0 Å². The van der Waals surface area contributed by atoms with Crippen LogP contribution in [-0.2, 0) is 4.74 Å². The molecule has 0 aromatic rings. The molecule has 0 aromatic heterocycles. The second-order valence-electron chi connectivity index (χ2n) is 1.59. The van der Waals surface area contributed by atoms with Gasteiger partial charge in [0, 0.05) is 0 Å². The summed E-state index contributed by atoms with van der Waals surface area (Å²) in [6.45, 7) is 10.9. The van der Waals surface area contributed by atoms with Gasteiger partial charge < -0.3 is 4.74 Å². The van der Waals surface area contributed by atoms with Crippen LogP contribution in [0, 0.1) is 11.5 Å². The number of nitrogens with zero attached hydrogens (tertiary/aromatic N) is 1. The quantitative estimate of drug-likeness (QED) is 0.375. The molecular formula is C11H15NO. The van der Waals surface area contributed by atoms with E-state index in [0.29, 0.717) is 5.76 Å². The minimum Gasteiger partial charge on any atom is -0.388 e. The molecule has 0 spiro atoms. The van der Waals surface area contributed by atoms with Gasteiger partial charge in [0.1, 0.15) is 5.76 Å². The maximum Gasteiger partial charge on any atom is 0.292 e. The van der Waals surface area contributed by atoms with Gasteiger partial charge in [0.2, 0.25) is 0 Å². The van der Waals surface area contributed by atoms with Crippen LogP contribution in [0.1, 0.15) is 13.8 Å². The van der Waals surface area contributed by atoms with E-state index >= 15 is 0 Å². The van der Waals surface area contributed by atoms with E-state index in [4.69, 9.17) is 5.26 Å². The van der Waals surface area contributed by atoms with Crippen LogP contribution in [0.3, 0.4) is 0 Å². The third-order valence-corrected chi connectivity index (χ3v) is 0.842. The molecule has 0 saturated heterocycles. The molecule has 0 rings (SSSR count). The topological polar surface area (TPSA) is 33.0 Å². The van der Waals surface area contributed by atoms with Gasteiger partial charge in [-0.15, -0.1) is 5.26 Å². The van der Waals surface area contributed by atoms with Crippen LogP contribution in [-0.4, -0.2) is 0 Å². The summed E-state index contributed by atoms with van der Waals surface area (Å²) < 4.78 is 4.55. The van der Waals surface area contributed by atoms with Crippen molar-refractivity contribution in [2.24, 2.45) is 0 Å². The lowest BCUT2D eigenvalue weighted by Crippen LogP contribution is -1.78. The molecule has 0 fully saturated rings. The Bertz CT molecular complexity index is 231. The third-order valence-electron chi connectivity index (χ3n) is 0.842. The van der Waals surface area contributed by atoms with Crippen molar-refractivity contribution in [1.29, 1.82) is 5.26 Å². The Morgan fingerprint density at radius 2 is 1.92 bits per heavy atom. The Balaban J connectivity index is 0. The fraction of sp³-hybridized carbons (Fsp3) is 0.182. The summed E-state index contributed by atoms with van der Waals surface area (Å²) in [5.74, 6) is 0.447. The number of hydrogen-bond acceptors (Lipinski definition) is 2. The summed E-state index contributed by atoms with van der Waals surface area (Å²) in [4.78, 5) is 0. The predicted molar refractivity (Wildman–Crippen MR) is 55.7 cm³/mol. The molecule has 70 valence electrons. The Labute approximate surface area is 80.1 Å². The molecule has 0 unspecified atom stereocenters. The first-order chi connectivity index (χ1) is 6.35. The lowest BCUT2D eigenvalue weighted by Gasteiger charge is -1.91. The predicted octanol–water partition coefficient (Wildman–Crippen LogP) is 3.32. The van der Waals surface area contributed by atoms with E-state index in [9.17, 15) is 0 Å². The van der Waals surface area contributed by atoms with Crippen molar-refractivity contribution in [2.75, 3.05) is 0 Å². The first-order valence-corrected chi connectivity index (χ1v) is 4.03. The molecule has 0 saturated carbocycles. The fourth-order valence-electron chi connectivity index (χ4n) is 0.455. The normalized spacial score (nSPS) is 9.46. The van der Waals surface area contributed by atoms with Crippen LogP contribution >= 0.6 is 0 Å². The number of allylic oxidation sites excluding steroid dienone is 5. The SMILES string of the molecule is C=C/C=C\C(=C/C=C)OC#N.CC. The summed E-state index contributed by atoms with van der Waals surface area (Å²) >= 11 is 0. The molecule has 0 aromatic carbocycles. The van der Waals surface area contributed by atoms with Gasteiger partial charge in [0.05, 0.1) is 0 Å². The lowest BCUT2D eigenvalue weighted by atomic mass is 10.4. The zero-order valence-corrected chi connectivity index (χ0v) is 8.16. The van der Waals surface area contributed by atoms with E-state index in [-0.39, 0.29) is 0 Å². The molecule has 0 amide bonds. The number of nitriles is 1. The summed E-state index contributed by atoms with van der Waals surface area (Å²) in [5, 5.41) is 8.16. The van der Waals surface area contributed by atoms with Crippen molar-refractivity contribution in [2.45, 2.75) is 13.8 Å². The minimum absolute atomic E-state index is 0.447. The maximum atomic E-state index is 8.16. The highest BCUT2D eigenvalue weighted by atomic mass is 16.5. The van der Waals surface area contributed by atoms with E-state index in [0.717, 1.165) is 0 Å². The van der Waals surface area contributed by atoms with Crippen LogP contribution in [0.15, 0.2) is 49.3 Å². The summed E-state index contributed by atoms with van der Waals surface area (Å²) in [5.41, 5.74) is 0. The van der Waals surface area contributed by atoms with Crippen molar-refractivity contribution in [3.05, 3.63) is 49.3 Å². The van der Waals surface area contributed by atoms with Gasteiger partial charge in [0.15, 0.2) is 0 Å². The summed E-state index contributed by atoms with van der Waals surface area (Å²) in [6, 6.07) is 0. The van der Waals surface area contributed by atoms with Gasteiger partial charge in [-0.05, 0) is 12.2 Å². The molecule has 0 aliphatic heterocycles. The van der Waals surface area contributed by atoms with Gasteiger partial charge in [-0.25, -0.2) is 0 Å². The highest BCUT2D eigenvalue weighted by Gasteiger charge is 1.86. The average Bonchev–Trinajstić information content (AvgIpc) is 2.18. The van der Waals surface area contributed by atoms with Crippen LogP contribution in [0.25, 0.3) is 0 Å². The van der Waals surface area contributed by atoms with Crippen LogP contribution < -0.4 is 0 Å². The Morgan fingerprint density at radius 1 is 1.31 bits per heavy atom. The van der Waals surface area contributed by atoms with Crippen LogP contribution in [0.4, 0.5) is 0 Å². The smallest absolute Gasteiger partial charge is 0.292 e. The van der Waals surface area contributed by atoms with E-state index in [1.54, 1.807) is 36.6 Å². The first kappa shape index (κ1) is 13.8. The second kappa shape index (κ2) is 12.9. The van der Waals surface area contributed by atoms with Crippen molar-refractivity contribution in [1.82, 2.24) is 0 Å². The first-order valence-electron chi connectivity index (χ1n) is 4.03. The van der Waals surface area contributed by atoms with Crippen LogP contribution in [0.2, 0.25) is 0 Å². The van der Waals surface area contributed by atoms with Crippen molar-refractivity contribution >= 4 is 0 Å². The Morgan fingerprint density at radius 3 is 2.31 bits per heavy atom. The molecule has 2 nitrogen and oxygen atoms in total. The molecule has 2 heteroatoms. The zero-order chi connectivity index (χ0) is 10.5. The Hall–Kier alpha value is -1.75. The lowest BCUT2D eigenvalue weighted by molar-refractivity contribution is 0.393. The monoisotopic (exact) mass is 177 g/mol. The largest absolute Gasteiger partial charge is 0.388 e. The second-order valence-corrected chi connectivity index (χ2v) is 1.59. The zero-order valence-electron chi connectivity index (χ0n) is 8.16. The van der Waals surface area contributed by atoms with Crippen molar-refractivity contribution in [3.63, 3.8) is 0 Å². The maximum absolute atomic E-state index is 8.16. The molecule has 13 heavy (non-hydrogen) atoms.